The average Bonchev–Trinajstić information content (AvgIpc) is 2.05. The van der Waals surface area contributed by atoms with E-state index in [9.17, 15) is 0 Å². The number of nitrogens with zero attached hydrogens (tertiary/aromatic N) is 2. The highest BCUT2D eigenvalue weighted by Crippen LogP contribution is 1.94. The SMILES string of the molecule is C=NC=NC(CN)=C(C)[NH2+]C. The summed E-state index contributed by atoms with van der Waals surface area (Å²) in [5.74, 6) is 0. The van der Waals surface area contributed by atoms with Crippen LogP contribution in [0.5, 0.6) is 0 Å². The van der Waals surface area contributed by atoms with E-state index >= 15 is 0 Å². The van der Waals surface area contributed by atoms with Gasteiger partial charge in [0.1, 0.15) is 17.7 Å². The molecule has 11 heavy (non-hydrogen) atoms. The number of hydrogen-bond donors (Lipinski definition) is 2. The molecule has 0 aromatic heterocycles. The first-order valence-corrected chi connectivity index (χ1v) is 3.43. The molecule has 0 saturated heterocycles. The van der Waals surface area contributed by atoms with E-state index in [0.717, 1.165) is 11.4 Å². The predicted molar refractivity (Wildman–Crippen MR) is 47.6 cm³/mol. The second kappa shape index (κ2) is 5.76. The standard InChI is InChI=1S/C7H14N4/c1-6(10-3)7(4-8)11-5-9-2/h5,10H,2,4,8H2,1,3H3/p+1. The first kappa shape index (κ1) is 10.0. The highest BCUT2D eigenvalue weighted by molar-refractivity contribution is 5.63. The van der Waals surface area contributed by atoms with Crippen molar-refractivity contribution < 1.29 is 5.32 Å². The summed E-state index contributed by atoms with van der Waals surface area (Å²) in [6.45, 7) is 5.67. The molecule has 4 N–H and O–H groups in total. The zero-order chi connectivity index (χ0) is 8.69. The number of rotatable bonds is 4. The van der Waals surface area contributed by atoms with Gasteiger partial charge < -0.3 is 11.1 Å². The fourth-order valence-electron chi connectivity index (χ4n) is 0.593. The lowest BCUT2D eigenvalue weighted by atomic mass is 10.3. The minimum atomic E-state index is 0.433. The molecule has 62 valence electrons. The third kappa shape index (κ3) is 3.64. The van der Waals surface area contributed by atoms with E-state index in [2.05, 4.69) is 16.7 Å². The van der Waals surface area contributed by atoms with Gasteiger partial charge in [0.2, 0.25) is 0 Å². The highest BCUT2D eigenvalue weighted by Gasteiger charge is 1.98. The Kier molecular flexibility index (Phi) is 5.24. The van der Waals surface area contributed by atoms with E-state index < -0.39 is 0 Å². The monoisotopic (exact) mass is 155 g/mol. The molecule has 0 aromatic carbocycles. The van der Waals surface area contributed by atoms with Crippen LogP contribution in [0, 0.1) is 0 Å². The molecule has 0 spiro atoms. The summed E-state index contributed by atoms with van der Waals surface area (Å²) < 4.78 is 0. The van der Waals surface area contributed by atoms with E-state index in [1.165, 1.54) is 6.34 Å². The molecule has 0 unspecified atom stereocenters. The van der Waals surface area contributed by atoms with Crippen LogP contribution in [0.4, 0.5) is 0 Å². The Hall–Kier alpha value is -1.00. The maximum atomic E-state index is 5.44. The summed E-state index contributed by atoms with van der Waals surface area (Å²) in [4.78, 5) is 7.50. The molecule has 4 nitrogen and oxygen atoms in total. The molecule has 0 aliphatic rings. The first-order chi connectivity index (χ1) is 5.26. The number of aliphatic imine (C=N–C) groups is 2. The number of allylic oxidation sites excluding steroid dienone is 1. The van der Waals surface area contributed by atoms with Gasteiger partial charge in [0.05, 0.1) is 7.05 Å². The lowest BCUT2D eigenvalue weighted by molar-refractivity contribution is -0.576. The van der Waals surface area contributed by atoms with Crippen molar-refractivity contribution in [3.05, 3.63) is 11.4 Å². The van der Waals surface area contributed by atoms with Gasteiger partial charge in [0.25, 0.3) is 0 Å². The zero-order valence-corrected chi connectivity index (χ0v) is 7.04. The van der Waals surface area contributed by atoms with Gasteiger partial charge in [-0.15, -0.1) is 0 Å². The fraction of sp³-hybridized carbons (Fsp3) is 0.429. The van der Waals surface area contributed by atoms with Crippen LogP contribution in [0.1, 0.15) is 6.92 Å². The first-order valence-electron chi connectivity index (χ1n) is 3.43. The predicted octanol–water partition coefficient (Wildman–Crippen LogP) is -0.901. The molecule has 0 radical (unpaired) electrons. The van der Waals surface area contributed by atoms with E-state index in [-0.39, 0.29) is 0 Å². The summed E-state index contributed by atoms with van der Waals surface area (Å²) in [6.07, 6.45) is 1.40. The largest absolute Gasteiger partial charge is 0.325 e. The van der Waals surface area contributed by atoms with Crippen molar-refractivity contribution in [3.8, 4) is 0 Å². The van der Waals surface area contributed by atoms with Gasteiger partial charge in [0, 0.05) is 13.5 Å². The Labute approximate surface area is 66.9 Å². The molecular formula is C7H15N4+. The maximum absolute atomic E-state index is 5.44. The van der Waals surface area contributed by atoms with Crippen molar-refractivity contribution >= 4 is 13.1 Å². The Morgan fingerprint density at radius 3 is 2.73 bits per heavy atom. The summed E-state index contributed by atoms with van der Waals surface area (Å²) in [5.41, 5.74) is 7.36. The molecule has 0 saturated carbocycles. The molecule has 0 aromatic rings. The molecule has 0 aliphatic heterocycles. The molecule has 0 aliphatic carbocycles. The lowest BCUT2D eigenvalue weighted by Crippen LogP contribution is -2.77. The molecule has 0 heterocycles. The Balaban J connectivity index is 4.37. The summed E-state index contributed by atoms with van der Waals surface area (Å²) >= 11 is 0. The van der Waals surface area contributed by atoms with Gasteiger partial charge in [-0.1, -0.05) is 0 Å². The van der Waals surface area contributed by atoms with Crippen LogP contribution in [0.2, 0.25) is 0 Å². The fourth-order valence-corrected chi connectivity index (χ4v) is 0.593. The van der Waals surface area contributed by atoms with Crippen LogP contribution >= 0.6 is 0 Å². The minimum Gasteiger partial charge on any atom is -0.325 e. The van der Waals surface area contributed by atoms with Gasteiger partial charge >= 0.3 is 0 Å². The quantitative estimate of drug-likeness (QED) is 0.401. The third-order valence-corrected chi connectivity index (χ3v) is 1.38. The van der Waals surface area contributed by atoms with Crippen LogP contribution < -0.4 is 11.1 Å². The molecule has 0 rings (SSSR count). The van der Waals surface area contributed by atoms with Gasteiger partial charge in [-0.2, -0.15) is 0 Å². The second-order valence-corrected chi connectivity index (χ2v) is 2.05. The molecule has 0 atom stereocenters. The Morgan fingerprint density at radius 2 is 2.36 bits per heavy atom. The third-order valence-electron chi connectivity index (χ3n) is 1.38. The molecule has 0 bridgehead atoms. The van der Waals surface area contributed by atoms with Crippen molar-refractivity contribution in [1.82, 2.24) is 0 Å². The molecule has 0 fully saturated rings. The number of nitrogens with two attached hydrogens (primary N) is 2. The van der Waals surface area contributed by atoms with E-state index in [1.54, 1.807) is 0 Å². The minimum absolute atomic E-state index is 0.433. The van der Waals surface area contributed by atoms with E-state index in [0.29, 0.717) is 6.54 Å². The van der Waals surface area contributed by atoms with E-state index in [4.69, 9.17) is 5.73 Å². The normalized spacial score (nSPS) is 13.4. The number of quaternary nitrogens is 1. The van der Waals surface area contributed by atoms with E-state index in [1.807, 2.05) is 19.3 Å². The lowest BCUT2D eigenvalue weighted by Gasteiger charge is -1.98. The molecular weight excluding hydrogens is 140 g/mol. The zero-order valence-electron chi connectivity index (χ0n) is 7.04. The van der Waals surface area contributed by atoms with Gasteiger partial charge in [-0.05, 0) is 6.72 Å². The molecule has 0 amide bonds. The summed E-state index contributed by atoms with van der Waals surface area (Å²) in [6, 6.07) is 0. The topological polar surface area (TPSA) is 67.3 Å². The van der Waals surface area contributed by atoms with Gasteiger partial charge in [-0.25, -0.2) is 4.99 Å². The van der Waals surface area contributed by atoms with Crippen molar-refractivity contribution in [1.29, 1.82) is 0 Å². The Bertz CT molecular complexity index is 181. The van der Waals surface area contributed by atoms with Crippen molar-refractivity contribution in [2.75, 3.05) is 13.6 Å². The average molecular weight is 155 g/mol. The van der Waals surface area contributed by atoms with Crippen LogP contribution in [-0.2, 0) is 0 Å². The van der Waals surface area contributed by atoms with Crippen molar-refractivity contribution in [2.45, 2.75) is 6.92 Å². The van der Waals surface area contributed by atoms with Crippen molar-refractivity contribution in [3.63, 3.8) is 0 Å². The summed E-state index contributed by atoms with van der Waals surface area (Å²) in [5, 5.41) is 1.96. The smallest absolute Gasteiger partial charge is 0.125 e. The summed E-state index contributed by atoms with van der Waals surface area (Å²) in [7, 11) is 1.95. The van der Waals surface area contributed by atoms with Gasteiger partial charge in [0.15, 0.2) is 0 Å². The van der Waals surface area contributed by atoms with Gasteiger partial charge in [-0.3, -0.25) is 4.99 Å². The second-order valence-electron chi connectivity index (χ2n) is 2.05. The van der Waals surface area contributed by atoms with Crippen LogP contribution in [0.3, 0.4) is 0 Å². The van der Waals surface area contributed by atoms with Crippen LogP contribution in [0.25, 0.3) is 0 Å². The Morgan fingerprint density at radius 1 is 1.73 bits per heavy atom. The maximum Gasteiger partial charge on any atom is 0.125 e. The number of hydrogen-bond acceptors (Lipinski definition) is 2. The molecule has 4 heteroatoms. The van der Waals surface area contributed by atoms with Crippen LogP contribution in [-0.4, -0.2) is 26.6 Å². The highest BCUT2D eigenvalue weighted by atomic mass is 14.9. The van der Waals surface area contributed by atoms with Crippen LogP contribution in [0.15, 0.2) is 21.4 Å². The van der Waals surface area contributed by atoms with Crippen molar-refractivity contribution in [2.24, 2.45) is 15.7 Å².